The van der Waals surface area contributed by atoms with Crippen LogP contribution in [-0.4, -0.2) is 19.6 Å². The Balaban J connectivity index is 3.04. The first-order chi connectivity index (χ1) is 9.52. The van der Waals surface area contributed by atoms with E-state index in [-0.39, 0.29) is 11.9 Å². The molecule has 0 aliphatic rings. The summed E-state index contributed by atoms with van der Waals surface area (Å²) < 4.78 is 14.3. The van der Waals surface area contributed by atoms with Gasteiger partial charge in [-0.15, -0.1) is 0 Å². The van der Waals surface area contributed by atoms with Crippen molar-refractivity contribution < 1.29 is 4.39 Å². The van der Waals surface area contributed by atoms with Gasteiger partial charge in [0.2, 0.25) is 0 Å². The van der Waals surface area contributed by atoms with Gasteiger partial charge in [-0.1, -0.05) is 32.4 Å². The zero-order valence-corrected chi connectivity index (χ0v) is 13.5. The number of anilines is 1. The summed E-state index contributed by atoms with van der Waals surface area (Å²) >= 11 is 0. The van der Waals surface area contributed by atoms with Gasteiger partial charge in [0.15, 0.2) is 0 Å². The summed E-state index contributed by atoms with van der Waals surface area (Å²) in [6, 6.07) is 5.89. The zero-order chi connectivity index (χ0) is 15.1. The van der Waals surface area contributed by atoms with Crippen LogP contribution in [0.2, 0.25) is 0 Å². The molecular weight excluding hydrogens is 251 g/mol. The Kier molecular flexibility index (Phi) is 7.00. The van der Waals surface area contributed by atoms with E-state index in [9.17, 15) is 4.39 Å². The second-order valence-corrected chi connectivity index (χ2v) is 5.60. The summed E-state index contributed by atoms with van der Waals surface area (Å²) in [6.45, 7) is 9.52. The molecule has 1 aromatic rings. The molecule has 2 atom stereocenters. The first kappa shape index (κ1) is 17.0. The molecule has 0 saturated heterocycles. The largest absolute Gasteiger partial charge is 0.369 e. The van der Waals surface area contributed by atoms with Crippen LogP contribution < -0.4 is 10.2 Å². The van der Waals surface area contributed by atoms with Crippen molar-refractivity contribution >= 4 is 5.69 Å². The van der Waals surface area contributed by atoms with Crippen molar-refractivity contribution in [2.24, 2.45) is 0 Å². The van der Waals surface area contributed by atoms with E-state index in [1.54, 1.807) is 12.1 Å². The Morgan fingerprint density at radius 3 is 2.50 bits per heavy atom. The molecule has 114 valence electrons. The van der Waals surface area contributed by atoms with Crippen LogP contribution in [0, 0.1) is 5.82 Å². The van der Waals surface area contributed by atoms with Crippen LogP contribution in [0.4, 0.5) is 10.1 Å². The Hall–Kier alpha value is -1.09. The number of nitrogens with one attached hydrogen (secondary N) is 1. The zero-order valence-electron chi connectivity index (χ0n) is 13.5. The molecule has 0 aliphatic heterocycles. The van der Waals surface area contributed by atoms with Gasteiger partial charge in [-0.25, -0.2) is 4.39 Å². The lowest BCUT2D eigenvalue weighted by Gasteiger charge is -2.31. The summed E-state index contributed by atoms with van der Waals surface area (Å²) in [5.41, 5.74) is 1.79. The van der Waals surface area contributed by atoms with Crippen molar-refractivity contribution in [1.82, 2.24) is 5.32 Å². The van der Waals surface area contributed by atoms with Crippen molar-refractivity contribution in [1.29, 1.82) is 0 Å². The summed E-state index contributed by atoms with van der Waals surface area (Å²) in [5, 5.41) is 3.45. The van der Waals surface area contributed by atoms with Crippen molar-refractivity contribution in [3.8, 4) is 0 Å². The van der Waals surface area contributed by atoms with Gasteiger partial charge in [-0.3, -0.25) is 0 Å². The molecule has 0 spiro atoms. The van der Waals surface area contributed by atoms with Crippen LogP contribution in [0.25, 0.3) is 0 Å². The van der Waals surface area contributed by atoms with Crippen LogP contribution in [0.1, 0.15) is 58.6 Å². The molecule has 1 rings (SSSR count). The molecule has 0 fully saturated rings. The summed E-state index contributed by atoms with van der Waals surface area (Å²) in [4.78, 5) is 2.08. The van der Waals surface area contributed by atoms with Crippen molar-refractivity contribution in [3.63, 3.8) is 0 Å². The molecule has 2 nitrogen and oxygen atoms in total. The van der Waals surface area contributed by atoms with Gasteiger partial charge in [0.05, 0.1) is 5.69 Å². The van der Waals surface area contributed by atoms with E-state index in [0.717, 1.165) is 37.1 Å². The molecule has 0 radical (unpaired) electrons. The second kappa shape index (κ2) is 8.25. The fourth-order valence-electron chi connectivity index (χ4n) is 2.56. The summed E-state index contributed by atoms with van der Waals surface area (Å²) in [7, 11) is 1.99. The number of halogens is 1. The Bertz CT molecular complexity index is 406. The third kappa shape index (κ3) is 4.20. The molecular formula is C17H29FN2. The maximum atomic E-state index is 14.3. The standard InChI is InChI=1S/C17H29FN2/c1-6-9-13(3)20(5)17-15(10-8-11-16(17)18)14(4)19-12-7-2/h8,10-11,13-14,19H,6-7,9,12H2,1-5H3. The van der Waals surface area contributed by atoms with Gasteiger partial charge >= 0.3 is 0 Å². The van der Waals surface area contributed by atoms with Crippen molar-refractivity contribution in [2.75, 3.05) is 18.5 Å². The molecule has 2 unspecified atom stereocenters. The smallest absolute Gasteiger partial charge is 0.146 e. The Labute approximate surface area is 123 Å². The predicted molar refractivity (Wildman–Crippen MR) is 85.9 cm³/mol. The van der Waals surface area contributed by atoms with Gasteiger partial charge in [-0.05, 0) is 44.9 Å². The van der Waals surface area contributed by atoms with Crippen LogP contribution in [0.3, 0.4) is 0 Å². The van der Waals surface area contributed by atoms with Crippen molar-refractivity contribution in [2.45, 2.75) is 59.0 Å². The fourth-order valence-corrected chi connectivity index (χ4v) is 2.56. The molecule has 3 heteroatoms. The van der Waals surface area contributed by atoms with E-state index < -0.39 is 0 Å². The second-order valence-electron chi connectivity index (χ2n) is 5.60. The number of nitrogens with zero attached hydrogens (tertiary/aromatic N) is 1. The van der Waals surface area contributed by atoms with Gasteiger partial charge in [0.1, 0.15) is 5.82 Å². The molecule has 0 saturated carbocycles. The van der Waals surface area contributed by atoms with E-state index in [4.69, 9.17) is 0 Å². The topological polar surface area (TPSA) is 15.3 Å². The van der Waals surface area contributed by atoms with E-state index in [1.165, 1.54) is 0 Å². The quantitative estimate of drug-likeness (QED) is 0.753. The molecule has 0 amide bonds. The summed E-state index contributed by atoms with van der Waals surface area (Å²) in [6.07, 6.45) is 3.26. The molecule has 20 heavy (non-hydrogen) atoms. The molecule has 1 aromatic carbocycles. The minimum absolute atomic E-state index is 0.127. The highest BCUT2D eigenvalue weighted by molar-refractivity contribution is 5.56. The lowest BCUT2D eigenvalue weighted by atomic mass is 10.0. The first-order valence-electron chi connectivity index (χ1n) is 7.77. The van der Waals surface area contributed by atoms with Crippen LogP contribution in [0.5, 0.6) is 0 Å². The van der Waals surface area contributed by atoms with E-state index in [0.29, 0.717) is 6.04 Å². The monoisotopic (exact) mass is 280 g/mol. The van der Waals surface area contributed by atoms with Gasteiger partial charge in [-0.2, -0.15) is 0 Å². The minimum atomic E-state index is -0.127. The SMILES string of the molecule is CCCNC(C)c1cccc(F)c1N(C)C(C)CCC. The van der Waals surface area contributed by atoms with E-state index >= 15 is 0 Å². The third-order valence-electron chi connectivity index (χ3n) is 3.91. The maximum absolute atomic E-state index is 14.3. The van der Waals surface area contributed by atoms with Crippen molar-refractivity contribution in [3.05, 3.63) is 29.6 Å². The normalized spacial score (nSPS) is 14.1. The highest BCUT2D eigenvalue weighted by atomic mass is 19.1. The fraction of sp³-hybridized carbons (Fsp3) is 0.647. The van der Waals surface area contributed by atoms with Gasteiger partial charge in [0, 0.05) is 19.1 Å². The number of benzene rings is 1. The third-order valence-corrected chi connectivity index (χ3v) is 3.91. The Morgan fingerprint density at radius 2 is 1.90 bits per heavy atom. The molecule has 0 heterocycles. The molecule has 0 bridgehead atoms. The number of hydrogen-bond acceptors (Lipinski definition) is 2. The van der Waals surface area contributed by atoms with E-state index in [2.05, 4.69) is 37.9 Å². The lowest BCUT2D eigenvalue weighted by molar-refractivity contribution is 0.547. The highest BCUT2D eigenvalue weighted by Crippen LogP contribution is 2.30. The molecule has 1 N–H and O–H groups in total. The lowest BCUT2D eigenvalue weighted by Crippen LogP contribution is -2.32. The van der Waals surface area contributed by atoms with Crippen LogP contribution >= 0.6 is 0 Å². The highest BCUT2D eigenvalue weighted by Gasteiger charge is 2.20. The van der Waals surface area contributed by atoms with Gasteiger partial charge < -0.3 is 10.2 Å². The van der Waals surface area contributed by atoms with E-state index in [1.807, 2.05) is 13.1 Å². The molecule has 0 aliphatic carbocycles. The molecule has 0 aromatic heterocycles. The average Bonchev–Trinajstić information content (AvgIpc) is 2.44. The summed E-state index contributed by atoms with van der Waals surface area (Å²) in [5.74, 6) is -0.127. The number of hydrogen-bond donors (Lipinski definition) is 1. The average molecular weight is 280 g/mol. The van der Waals surface area contributed by atoms with Crippen LogP contribution in [-0.2, 0) is 0 Å². The Morgan fingerprint density at radius 1 is 1.20 bits per heavy atom. The van der Waals surface area contributed by atoms with Crippen LogP contribution in [0.15, 0.2) is 18.2 Å². The van der Waals surface area contributed by atoms with Gasteiger partial charge in [0.25, 0.3) is 0 Å². The first-order valence-corrected chi connectivity index (χ1v) is 7.77. The minimum Gasteiger partial charge on any atom is -0.369 e. The maximum Gasteiger partial charge on any atom is 0.146 e. The predicted octanol–water partition coefficient (Wildman–Crippen LogP) is 4.51. The number of rotatable bonds is 8. The number of para-hydroxylation sites is 1.